The third-order valence-electron chi connectivity index (χ3n) is 7.73. The Morgan fingerprint density at radius 2 is 1.07 bits per heavy atom. The molecule has 0 radical (unpaired) electrons. The number of rotatable bonds is 3. The van der Waals surface area contributed by atoms with E-state index < -0.39 is 0 Å². The van der Waals surface area contributed by atoms with Crippen LogP contribution in [0, 0.1) is 11.3 Å². The van der Waals surface area contributed by atoms with Crippen LogP contribution >= 0.6 is 0 Å². The lowest BCUT2D eigenvalue weighted by atomic mass is 9.85. The lowest BCUT2D eigenvalue weighted by Gasteiger charge is -2.17. The maximum Gasteiger partial charge on any atom is 0.143 e. The Morgan fingerprint density at radius 3 is 1.93 bits per heavy atom. The Balaban J connectivity index is 1.50. The van der Waals surface area contributed by atoms with E-state index in [1.54, 1.807) is 0 Å². The zero-order valence-electron chi connectivity index (χ0n) is 21.4. The number of para-hydroxylation sites is 3. The van der Waals surface area contributed by atoms with Gasteiger partial charge in [0.2, 0.25) is 0 Å². The van der Waals surface area contributed by atoms with E-state index in [0.717, 1.165) is 77.3 Å². The Morgan fingerprint density at radius 1 is 0.475 bits per heavy atom. The quantitative estimate of drug-likeness (QED) is 0.237. The monoisotopic (exact) mass is 511 g/mol. The minimum Gasteiger partial charge on any atom is -0.456 e. The molecule has 3 nitrogen and oxygen atoms in total. The van der Waals surface area contributed by atoms with Crippen molar-refractivity contribution in [2.75, 3.05) is 0 Å². The molecule has 40 heavy (non-hydrogen) atoms. The third kappa shape index (κ3) is 3.30. The Labute approximate surface area is 230 Å². The van der Waals surface area contributed by atoms with Gasteiger partial charge < -0.3 is 8.83 Å². The smallest absolute Gasteiger partial charge is 0.143 e. The molecule has 0 aliphatic rings. The van der Waals surface area contributed by atoms with Crippen LogP contribution < -0.4 is 0 Å². The summed E-state index contributed by atoms with van der Waals surface area (Å²) in [5.74, 6) is 0. The number of fused-ring (bicyclic) bond motifs is 6. The maximum absolute atomic E-state index is 9.76. The second-order valence-electron chi connectivity index (χ2n) is 9.98. The summed E-state index contributed by atoms with van der Waals surface area (Å²) >= 11 is 0. The molecule has 8 rings (SSSR count). The van der Waals surface area contributed by atoms with Gasteiger partial charge in [-0.1, -0.05) is 97.1 Å². The second-order valence-corrected chi connectivity index (χ2v) is 9.98. The van der Waals surface area contributed by atoms with E-state index in [0.29, 0.717) is 5.56 Å². The summed E-state index contributed by atoms with van der Waals surface area (Å²) in [4.78, 5) is 0. The summed E-state index contributed by atoms with van der Waals surface area (Å²) in [7, 11) is 0. The summed E-state index contributed by atoms with van der Waals surface area (Å²) in [5.41, 5.74) is 10.3. The first-order chi connectivity index (χ1) is 19.8. The molecule has 0 fully saturated rings. The first kappa shape index (κ1) is 22.4. The second kappa shape index (κ2) is 8.73. The van der Waals surface area contributed by atoms with E-state index in [1.165, 1.54) is 0 Å². The fourth-order valence-electron chi connectivity index (χ4n) is 6.01. The van der Waals surface area contributed by atoms with Crippen molar-refractivity contribution in [2.45, 2.75) is 0 Å². The first-order valence-electron chi connectivity index (χ1n) is 13.2. The molecule has 0 unspecified atom stereocenters. The normalized spacial score (nSPS) is 11.5. The van der Waals surface area contributed by atoms with E-state index in [2.05, 4.69) is 66.7 Å². The van der Waals surface area contributed by atoms with Crippen molar-refractivity contribution in [1.82, 2.24) is 0 Å². The van der Waals surface area contributed by atoms with Crippen LogP contribution in [0.25, 0.3) is 77.3 Å². The predicted molar refractivity (Wildman–Crippen MR) is 162 cm³/mol. The van der Waals surface area contributed by atoms with Gasteiger partial charge in [-0.2, -0.15) is 5.26 Å². The Bertz CT molecular complexity index is 2290. The molecule has 8 aromatic rings. The third-order valence-corrected chi connectivity index (χ3v) is 7.73. The van der Waals surface area contributed by atoms with Crippen LogP contribution in [-0.4, -0.2) is 0 Å². The largest absolute Gasteiger partial charge is 0.456 e. The summed E-state index contributed by atoms with van der Waals surface area (Å²) in [6, 6.07) is 45.4. The maximum atomic E-state index is 9.76. The molecule has 0 aliphatic heterocycles. The molecule has 0 atom stereocenters. The Hall–Kier alpha value is -5.59. The summed E-state index contributed by atoms with van der Waals surface area (Å²) in [5, 5.41) is 14.1. The van der Waals surface area contributed by atoms with Crippen LogP contribution in [-0.2, 0) is 0 Å². The number of benzene rings is 6. The first-order valence-corrected chi connectivity index (χ1v) is 13.2. The zero-order chi connectivity index (χ0) is 26.6. The predicted octanol–water partition coefficient (Wildman–Crippen LogP) is 10.4. The topological polar surface area (TPSA) is 50.1 Å². The van der Waals surface area contributed by atoms with Gasteiger partial charge in [0.05, 0.1) is 11.6 Å². The summed E-state index contributed by atoms with van der Waals surface area (Å²) in [6.45, 7) is 0. The molecular weight excluding hydrogens is 490 g/mol. The highest BCUT2D eigenvalue weighted by Crippen LogP contribution is 2.46. The molecule has 6 aromatic carbocycles. The fraction of sp³-hybridized carbons (Fsp3) is 0. The van der Waals surface area contributed by atoms with Crippen LogP contribution in [0.5, 0.6) is 0 Å². The molecule has 0 N–H and O–H groups in total. The van der Waals surface area contributed by atoms with Crippen molar-refractivity contribution in [3.8, 4) is 39.4 Å². The SMILES string of the molecule is N#Cc1cccc(-c2c(-c3cccc4c3oc3ccccc34)cccc2-c2cccc3oc4ccccc4c23)c1. The molecule has 2 heterocycles. The molecule has 3 heteroatoms. The molecule has 0 saturated carbocycles. The van der Waals surface area contributed by atoms with Gasteiger partial charge in [-0.05, 0) is 58.1 Å². The van der Waals surface area contributed by atoms with Crippen molar-refractivity contribution < 1.29 is 8.83 Å². The van der Waals surface area contributed by atoms with Crippen molar-refractivity contribution in [3.63, 3.8) is 0 Å². The van der Waals surface area contributed by atoms with Gasteiger partial charge >= 0.3 is 0 Å². The molecule has 0 spiro atoms. The van der Waals surface area contributed by atoms with Crippen LogP contribution in [0.2, 0.25) is 0 Å². The van der Waals surface area contributed by atoms with Gasteiger partial charge in [-0.3, -0.25) is 0 Å². The summed E-state index contributed by atoms with van der Waals surface area (Å²) < 4.78 is 12.7. The van der Waals surface area contributed by atoms with E-state index >= 15 is 0 Å². The standard InChI is InChI=1S/C37H21NO2/c38-22-23-9-5-10-24(21-23)35-26(27-15-8-20-34-36(27)31-12-2-4-19-33(31)39-34)13-6-14-28(35)30-17-7-16-29-25-11-1-3-18-32(25)40-37(29)30/h1-21H. The van der Waals surface area contributed by atoms with Crippen LogP contribution in [0.1, 0.15) is 5.56 Å². The van der Waals surface area contributed by atoms with Crippen molar-refractivity contribution in [2.24, 2.45) is 0 Å². The van der Waals surface area contributed by atoms with Gasteiger partial charge in [0.15, 0.2) is 0 Å². The highest BCUT2D eigenvalue weighted by molar-refractivity contribution is 6.16. The van der Waals surface area contributed by atoms with Crippen molar-refractivity contribution in [1.29, 1.82) is 5.26 Å². The molecule has 186 valence electrons. The van der Waals surface area contributed by atoms with Crippen molar-refractivity contribution in [3.05, 3.63) is 133 Å². The van der Waals surface area contributed by atoms with Gasteiger partial charge in [-0.15, -0.1) is 0 Å². The van der Waals surface area contributed by atoms with E-state index in [-0.39, 0.29) is 0 Å². The fourth-order valence-corrected chi connectivity index (χ4v) is 6.01. The molecule has 2 aromatic heterocycles. The number of nitriles is 1. The molecular formula is C37H21NO2. The number of nitrogens with zero attached hydrogens (tertiary/aromatic N) is 1. The van der Waals surface area contributed by atoms with Gasteiger partial charge in [0, 0.05) is 27.1 Å². The minimum atomic E-state index is 0.618. The van der Waals surface area contributed by atoms with Gasteiger partial charge in [0.1, 0.15) is 22.3 Å². The van der Waals surface area contributed by atoms with E-state index in [4.69, 9.17) is 8.83 Å². The number of furan rings is 2. The lowest BCUT2D eigenvalue weighted by molar-refractivity contribution is 0.669. The number of hydrogen-bond donors (Lipinski definition) is 0. The lowest BCUT2D eigenvalue weighted by Crippen LogP contribution is -1.92. The Kier molecular flexibility index (Phi) is 4.89. The molecule has 0 amide bonds. The van der Waals surface area contributed by atoms with E-state index in [1.807, 2.05) is 66.7 Å². The van der Waals surface area contributed by atoms with Gasteiger partial charge in [-0.25, -0.2) is 0 Å². The summed E-state index contributed by atoms with van der Waals surface area (Å²) in [6.07, 6.45) is 0. The highest BCUT2D eigenvalue weighted by atomic mass is 16.3. The average molecular weight is 512 g/mol. The average Bonchev–Trinajstić information content (AvgIpc) is 3.59. The highest BCUT2D eigenvalue weighted by Gasteiger charge is 2.21. The van der Waals surface area contributed by atoms with Crippen molar-refractivity contribution >= 4 is 43.9 Å². The number of hydrogen-bond acceptors (Lipinski definition) is 3. The van der Waals surface area contributed by atoms with Crippen LogP contribution in [0.4, 0.5) is 0 Å². The van der Waals surface area contributed by atoms with Crippen LogP contribution in [0.3, 0.4) is 0 Å². The van der Waals surface area contributed by atoms with Gasteiger partial charge in [0.25, 0.3) is 0 Å². The molecule has 0 aliphatic carbocycles. The zero-order valence-corrected chi connectivity index (χ0v) is 21.4. The molecule has 0 saturated heterocycles. The molecule has 0 bridgehead atoms. The van der Waals surface area contributed by atoms with E-state index in [9.17, 15) is 5.26 Å². The minimum absolute atomic E-state index is 0.618. The van der Waals surface area contributed by atoms with Crippen LogP contribution in [0.15, 0.2) is 136 Å².